The van der Waals surface area contributed by atoms with Crippen molar-refractivity contribution in [2.24, 2.45) is 5.16 Å². The van der Waals surface area contributed by atoms with Crippen LogP contribution in [0.25, 0.3) is 0 Å². The van der Waals surface area contributed by atoms with E-state index < -0.39 is 5.97 Å². The number of nitrogens with zero attached hydrogens (tertiary/aromatic N) is 1. The number of benzene rings is 1. The molecule has 4 heteroatoms. The molecule has 0 spiro atoms. The molecule has 0 atom stereocenters. The molecule has 1 rings (SSSR count). The summed E-state index contributed by atoms with van der Waals surface area (Å²) in [6, 6.07) is 7.06. The van der Waals surface area contributed by atoms with Crippen molar-refractivity contribution in [2.75, 3.05) is 0 Å². The second kappa shape index (κ2) is 5.14. The van der Waals surface area contributed by atoms with E-state index in [4.69, 9.17) is 9.94 Å². The van der Waals surface area contributed by atoms with Crippen LogP contribution in [0.4, 0.5) is 0 Å². The lowest BCUT2D eigenvalue weighted by Gasteiger charge is -2.03. The van der Waals surface area contributed by atoms with E-state index in [0.29, 0.717) is 12.2 Å². The molecule has 0 aromatic heterocycles. The van der Waals surface area contributed by atoms with Crippen LogP contribution in [-0.2, 0) is 4.79 Å². The van der Waals surface area contributed by atoms with Crippen molar-refractivity contribution in [2.45, 2.75) is 20.3 Å². The van der Waals surface area contributed by atoms with Gasteiger partial charge < -0.3 is 9.94 Å². The Bertz CT molecular complexity index is 368. The average Bonchev–Trinajstić information content (AvgIpc) is 2.23. The summed E-state index contributed by atoms with van der Waals surface area (Å²) < 4.78 is 4.98. The normalized spacial score (nSPS) is 11.2. The highest BCUT2D eigenvalue weighted by Crippen LogP contribution is 2.11. The first-order valence-corrected chi connectivity index (χ1v) is 4.67. The van der Waals surface area contributed by atoms with Gasteiger partial charge in [0.1, 0.15) is 5.75 Å². The Morgan fingerprint density at radius 3 is 2.47 bits per heavy atom. The van der Waals surface area contributed by atoms with Crippen molar-refractivity contribution in [3.63, 3.8) is 0 Å². The molecule has 4 nitrogen and oxygen atoms in total. The molecular formula is C11H13NO3. The maximum Gasteiger partial charge on any atom is 0.361 e. The molecule has 0 amide bonds. The Balaban J connectivity index is 2.70. The molecule has 0 bridgehead atoms. The third-order valence-electron chi connectivity index (χ3n) is 1.92. The minimum atomic E-state index is -0.621. The standard InChI is InChI=1S/C11H13NO3/c1-3-10(12-14)11(13)15-9-6-4-8(2)5-7-9/h4-7,14H,3H2,1-2H3. The fourth-order valence-electron chi connectivity index (χ4n) is 1.03. The van der Waals surface area contributed by atoms with Gasteiger partial charge in [-0.15, -0.1) is 0 Å². The number of hydrogen-bond acceptors (Lipinski definition) is 4. The topological polar surface area (TPSA) is 58.9 Å². The zero-order valence-electron chi connectivity index (χ0n) is 8.73. The summed E-state index contributed by atoms with van der Waals surface area (Å²) in [5.41, 5.74) is 1.09. The molecule has 1 aromatic rings. The predicted molar refractivity (Wildman–Crippen MR) is 56.3 cm³/mol. The monoisotopic (exact) mass is 207 g/mol. The number of carbonyl (C=O) groups is 1. The van der Waals surface area contributed by atoms with Gasteiger partial charge in [-0.2, -0.15) is 0 Å². The van der Waals surface area contributed by atoms with Crippen LogP contribution in [0.1, 0.15) is 18.9 Å². The first kappa shape index (κ1) is 11.2. The molecule has 1 aromatic carbocycles. The van der Waals surface area contributed by atoms with Crippen molar-refractivity contribution in [1.29, 1.82) is 0 Å². The molecule has 0 saturated carbocycles. The van der Waals surface area contributed by atoms with Gasteiger partial charge >= 0.3 is 5.97 Å². The van der Waals surface area contributed by atoms with E-state index in [1.54, 1.807) is 19.1 Å². The SMILES string of the molecule is CCC(=NO)C(=O)Oc1ccc(C)cc1. The Hall–Kier alpha value is -1.84. The van der Waals surface area contributed by atoms with E-state index in [1.165, 1.54) is 0 Å². The highest BCUT2D eigenvalue weighted by Gasteiger charge is 2.12. The smallest absolute Gasteiger partial charge is 0.361 e. The van der Waals surface area contributed by atoms with E-state index >= 15 is 0 Å². The highest BCUT2D eigenvalue weighted by atomic mass is 16.5. The Labute approximate surface area is 88.2 Å². The molecule has 1 N–H and O–H groups in total. The van der Waals surface area contributed by atoms with E-state index in [2.05, 4.69) is 5.16 Å². The summed E-state index contributed by atoms with van der Waals surface area (Å²) in [6.07, 6.45) is 0.335. The third-order valence-corrected chi connectivity index (χ3v) is 1.92. The molecule has 0 saturated heterocycles. The molecule has 0 unspecified atom stereocenters. The zero-order chi connectivity index (χ0) is 11.3. The Morgan fingerprint density at radius 1 is 1.40 bits per heavy atom. The molecule has 0 heterocycles. The van der Waals surface area contributed by atoms with Gasteiger partial charge in [-0.05, 0) is 25.5 Å². The van der Waals surface area contributed by atoms with Crippen LogP contribution >= 0.6 is 0 Å². The second-order valence-electron chi connectivity index (χ2n) is 3.10. The van der Waals surface area contributed by atoms with Crippen LogP contribution in [0.2, 0.25) is 0 Å². The van der Waals surface area contributed by atoms with E-state index in [1.807, 2.05) is 19.1 Å². The maximum atomic E-state index is 11.3. The first-order chi connectivity index (χ1) is 7.17. The molecule has 80 valence electrons. The number of oxime groups is 1. The van der Waals surface area contributed by atoms with Gasteiger partial charge in [0.05, 0.1) is 0 Å². The summed E-state index contributed by atoms with van der Waals surface area (Å²) in [5.74, 6) is -0.177. The summed E-state index contributed by atoms with van der Waals surface area (Å²) in [5, 5.41) is 11.4. The fraction of sp³-hybridized carbons (Fsp3) is 0.273. The number of rotatable bonds is 3. The summed E-state index contributed by atoms with van der Waals surface area (Å²) in [6.45, 7) is 3.66. The molecule has 0 fully saturated rings. The van der Waals surface area contributed by atoms with Gasteiger partial charge in [0, 0.05) is 0 Å². The van der Waals surface area contributed by atoms with E-state index in [-0.39, 0.29) is 5.71 Å². The van der Waals surface area contributed by atoms with Gasteiger partial charge in [-0.25, -0.2) is 4.79 Å². The number of ether oxygens (including phenoxy) is 1. The summed E-state index contributed by atoms with van der Waals surface area (Å²) in [4.78, 5) is 11.3. The largest absolute Gasteiger partial charge is 0.422 e. The van der Waals surface area contributed by atoms with Crippen LogP contribution < -0.4 is 4.74 Å². The molecule has 0 radical (unpaired) electrons. The summed E-state index contributed by atoms with van der Waals surface area (Å²) >= 11 is 0. The van der Waals surface area contributed by atoms with Crippen LogP contribution in [0.15, 0.2) is 29.4 Å². The molecule has 0 aliphatic carbocycles. The molecular weight excluding hydrogens is 194 g/mol. The van der Waals surface area contributed by atoms with E-state index in [9.17, 15) is 4.79 Å². The van der Waals surface area contributed by atoms with Crippen LogP contribution in [0.5, 0.6) is 5.75 Å². The highest BCUT2D eigenvalue weighted by molar-refractivity contribution is 6.36. The third kappa shape index (κ3) is 3.09. The summed E-state index contributed by atoms with van der Waals surface area (Å²) in [7, 11) is 0. The fourth-order valence-corrected chi connectivity index (χ4v) is 1.03. The van der Waals surface area contributed by atoms with Gasteiger partial charge in [0.2, 0.25) is 0 Å². The van der Waals surface area contributed by atoms with Crippen LogP contribution in [0.3, 0.4) is 0 Å². The van der Waals surface area contributed by atoms with Crippen LogP contribution in [0, 0.1) is 6.92 Å². The predicted octanol–water partition coefficient (Wildman–Crippen LogP) is 2.14. The van der Waals surface area contributed by atoms with Gasteiger partial charge in [-0.1, -0.05) is 29.8 Å². The lowest BCUT2D eigenvalue weighted by atomic mass is 10.2. The second-order valence-corrected chi connectivity index (χ2v) is 3.10. The first-order valence-electron chi connectivity index (χ1n) is 4.67. The minimum Gasteiger partial charge on any atom is -0.422 e. The van der Waals surface area contributed by atoms with E-state index in [0.717, 1.165) is 5.56 Å². The van der Waals surface area contributed by atoms with Crippen LogP contribution in [-0.4, -0.2) is 16.9 Å². The van der Waals surface area contributed by atoms with Gasteiger partial charge in [0.25, 0.3) is 0 Å². The van der Waals surface area contributed by atoms with Gasteiger partial charge in [0.15, 0.2) is 5.71 Å². The van der Waals surface area contributed by atoms with Crippen molar-refractivity contribution >= 4 is 11.7 Å². The lowest BCUT2D eigenvalue weighted by molar-refractivity contribution is -0.127. The molecule has 15 heavy (non-hydrogen) atoms. The number of carbonyl (C=O) groups excluding carboxylic acids is 1. The lowest BCUT2D eigenvalue weighted by Crippen LogP contribution is -2.19. The van der Waals surface area contributed by atoms with Crippen molar-refractivity contribution in [3.05, 3.63) is 29.8 Å². The quantitative estimate of drug-likeness (QED) is 0.271. The van der Waals surface area contributed by atoms with Crippen molar-refractivity contribution in [1.82, 2.24) is 0 Å². The van der Waals surface area contributed by atoms with Gasteiger partial charge in [-0.3, -0.25) is 0 Å². The maximum absolute atomic E-state index is 11.3. The Kier molecular flexibility index (Phi) is 3.85. The molecule has 0 aliphatic rings. The molecule has 0 aliphatic heterocycles. The minimum absolute atomic E-state index is 0.00979. The van der Waals surface area contributed by atoms with Crippen molar-refractivity contribution < 1.29 is 14.7 Å². The zero-order valence-corrected chi connectivity index (χ0v) is 8.73. The average molecular weight is 207 g/mol. The van der Waals surface area contributed by atoms with Crippen molar-refractivity contribution in [3.8, 4) is 5.75 Å². The number of aryl methyl sites for hydroxylation is 1. The Morgan fingerprint density at radius 2 is 2.00 bits per heavy atom. The number of hydrogen-bond donors (Lipinski definition) is 1. The number of esters is 1.